The van der Waals surface area contributed by atoms with Crippen LogP contribution < -0.4 is 21.5 Å². The molecule has 0 aromatic rings. The summed E-state index contributed by atoms with van der Waals surface area (Å²) in [7, 11) is 0. The van der Waals surface area contributed by atoms with Gasteiger partial charge in [-0.15, -0.1) is 11.6 Å². The molecule has 1 heterocycles. The molecule has 0 spiro atoms. The lowest BCUT2D eigenvalue weighted by molar-refractivity contribution is -0.125. The highest BCUT2D eigenvalue weighted by molar-refractivity contribution is 6.20. The summed E-state index contributed by atoms with van der Waals surface area (Å²) in [6.45, 7) is 5.94. The standard InChI is InChI=1S/C21H36ClF2N5O/c1-21(2,3)27-20(26-19(30)13-7-8-15(23)16(24)10-13)25-18-11-17(28-29-18)12-5-4-6-14(22)9-12/h12-18,28-29H,4-11H2,1-3H3,(H2,25,26,27,30). The van der Waals surface area contributed by atoms with Gasteiger partial charge in [0.05, 0.1) is 0 Å². The summed E-state index contributed by atoms with van der Waals surface area (Å²) >= 11 is 6.35. The van der Waals surface area contributed by atoms with E-state index in [1.807, 2.05) is 20.8 Å². The minimum atomic E-state index is -1.58. The number of guanidine groups is 1. The molecule has 6 nitrogen and oxygen atoms in total. The minimum absolute atomic E-state index is 0.0805. The van der Waals surface area contributed by atoms with Crippen LogP contribution in [0.15, 0.2) is 4.99 Å². The van der Waals surface area contributed by atoms with E-state index < -0.39 is 18.3 Å². The fourth-order valence-corrected chi connectivity index (χ4v) is 5.01. The maximum absolute atomic E-state index is 13.7. The average Bonchev–Trinajstić information content (AvgIpc) is 3.11. The van der Waals surface area contributed by atoms with Gasteiger partial charge < -0.3 is 5.32 Å². The zero-order valence-electron chi connectivity index (χ0n) is 18.2. The second-order valence-electron chi connectivity index (χ2n) is 10.1. The van der Waals surface area contributed by atoms with Crippen molar-refractivity contribution in [3.8, 4) is 0 Å². The van der Waals surface area contributed by atoms with Gasteiger partial charge in [0.25, 0.3) is 0 Å². The average molecular weight is 448 g/mol. The van der Waals surface area contributed by atoms with Crippen LogP contribution >= 0.6 is 11.6 Å². The van der Waals surface area contributed by atoms with Crippen LogP contribution in [0.1, 0.15) is 72.1 Å². The third kappa shape index (κ3) is 6.76. The first-order valence-corrected chi connectivity index (χ1v) is 11.6. The zero-order valence-corrected chi connectivity index (χ0v) is 18.9. The molecule has 7 unspecified atom stereocenters. The van der Waals surface area contributed by atoms with E-state index >= 15 is 0 Å². The normalized spacial score (nSPS) is 38.3. The Morgan fingerprint density at radius 1 is 1.03 bits per heavy atom. The number of hydrogen-bond donors (Lipinski definition) is 4. The van der Waals surface area contributed by atoms with E-state index in [1.54, 1.807) is 0 Å². The first-order chi connectivity index (χ1) is 14.1. The molecule has 1 aliphatic heterocycles. The number of nitrogens with zero attached hydrogens (tertiary/aromatic N) is 1. The van der Waals surface area contributed by atoms with E-state index in [9.17, 15) is 13.6 Å². The largest absolute Gasteiger partial charge is 0.351 e. The minimum Gasteiger partial charge on any atom is -0.351 e. The van der Waals surface area contributed by atoms with Crippen LogP contribution in [0.3, 0.4) is 0 Å². The Balaban J connectivity index is 1.62. The smallest absolute Gasteiger partial charge is 0.229 e. The summed E-state index contributed by atoms with van der Waals surface area (Å²) in [6.07, 6.45) is 2.31. The van der Waals surface area contributed by atoms with Gasteiger partial charge >= 0.3 is 0 Å². The number of amides is 1. The summed E-state index contributed by atoms with van der Waals surface area (Å²) in [4.78, 5) is 17.4. The fraction of sp³-hybridized carbons (Fsp3) is 0.905. The molecule has 3 fully saturated rings. The van der Waals surface area contributed by atoms with Crippen LogP contribution in [0.25, 0.3) is 0 Å². The molecule has 0 aromatic carbocycles. The lowest BCUT2D eigenvalue weighted by Crippen LogP contribution is -2.52. The highest BCUT2D eigenvalue weighted by Gasteiger charge is 2.36. The SMILES string of the molecule is CC(C)(C)N/C(=N\C1CC(C2CCCC(Cl)C2)NN1)NC(=O)C1CCC(F)C(F)C1. The van der Waals surface area contributed by atoms with Crippen LogP contribution in [0.4, 0.5) is 8.78 Å². The molecular weight excluding hydrogens is 412 g/mol. The first kappa shape index (κ1) is 23.7. The highest BCUT2D eigenvalue weighted by Crippen LogP contribution is 2.32. The van der Waals surface area contributed by atoms with Crippen LogP contribution in [-0.2, 0) is 4.79 Å². The van der Waals surface area contributed by atoms with Gasteiger partial charge in [0, 0.05) is 29.3 Å². The monoisotopic (exact) mass is 447 g/mol. The van der Waals surface area contributed by atoms with E-state index in [2.05, 4.69) is 21.5 Å². The molecule has 1 amide bonds. The summed E-state index contributed by atoms with van der Waals surface area (Å²) in [6, 6.07) is 0.291. The fourth-order valence-electron chi connectivity index (χ4n) is 4.63. The van der Waals surface area contributed by atoms with Crippen molar-refractivity contribution in [2.75, 3.05) is 0 Å². The maximum Gasteiger partial charge on any atom is 0.229 e. The number of carbonyl (C=O) groups excluding carboxylic acids is 1. The maximum atomic E-state index is 13.7. The molecule has 7 atom stereocenters. The molecule has 4 N–H and O–H groups in total. The molecule has 30 heavy (non-hydrogen) atoms. The quantitative estimate of drug-likeness (QED) is 0.304. The Labute approximate surface area is 183 Å². The Kier molecular flexibility index (Phi) is 7.96. The zero-order chi connectivity index (χ0) is 21.9. The topological polar surface area (TPSA) is 77.6 Å². The molecule has 0 aromatic heterocycles. The third-order valence-corrected chi connectivity index (χ3v) is 6.61. The molecule has 172 valence electrons. The van der Waals surface area contributed by atoms with E-state index in [0.717, 1.165) is 32.1 Å². The van der Waals surface area contributed by atoms with Crippen molar-refractivity contribution in [3.63, 3.8) is 0 Å². The number of nitrogens with one attached hydrogen (secondary N) is 4. The predicted molar refractivity (Wildman–Crippen MR) is 116 cm³/mol. The molecule has 3 aliphatic rings. The Morgan fingerprint density at radius 2 is 1.80 bits per heavy atom. The molecule has 1 saturated heterocycles. The van der Waals surface area contributed by atoms with Gasteiger partial charge in [-0.25, -0.2) is 19.2 Å². The van der Waals surface area contributed by atoms with E-state index in [4.69, 9.17) is 16.6 Å². The Bertz CT molecular complexity index is 629. The number of carbonyl (C=O) groups is 1. The second kappa shape index (κ2) is 10.1. The number of hydrogen-bond acceptors (Lipinski definition) is 4. The van der Waals surface area contributed by atoms with Crippen molar-refractivity contribution >= 4 is 23.5 Å². The van der Waals surface area contributed by atoms with Crippen molar-refractivity contribution < 1.29 is 13.6 Å². The van der Waals surface area contributed by atoms with E-state index in [-0.39, 0.29) is 35.8 Å². The van der Waals surface area contributed by atoms with Gasteiger partial charge in [0.2, 0.25) is 5.91 Å². The molecule has 0 bridgehead atoms. The van der Waals surface area contributed by atoms with Crippen molar-refractivity contribution in [2.45, 2.75) is 108 Å². The van der Waals surface area contributed by atoms with E-state index in [0.29, 0.717) is 24.3 Å². The highest BCUT2D eigenvalue weighted by atomic mass is 35.5. The number of aliphatic imine (C=N–C) groups is 1. The molecular formula is C21H36ClF2N5O. The van der Waals surface area contributed by atoms with Gasteiger partial charge in [-0.3, -0.25) is 15.5 Å². The van der Waals surface area contributed by atoms with Gasteiger partial charge in [-0.2, -0.15) is 0 Å². The van der Waals surface area contributed by atoms with Crippen LogP contribution in [-0.4, -0.2) is 47.3 Å². The number of alkyl halides is 3. The number of halogens is 3. The molecule has 0 radical (unpaired) electrons. The predicted octanol–water partition coefficient (Wildman–Crippen LogP) is 3.31. The van der Waals surface area contributed by atoms with Crippen LogP contribution in [0, 0.1) is 11.8 Å². The van der Waals surface area contributed by atoms with Crippen LogP contribution in [0.5, 0.6) is 0 Å². The third-order valence-electron chi connectivity index (χ3n) is 6.22. The Morgan fingerprint density at radius 3 is 2.47 bits per heavy atom. The Hall–Kier alpha value is -0.990. The molecule has 3 rings (SSSR count). The second-order valence-corrected chi connectivity index (χ2v) is 10.7. The molecule has 9 heteroatoms. The van der Waals surface area contributed by atoms with Gasteiger partial charge in [0.1, 0.15) is 18.5 Å². The first-order valence-electron chi connectivity index (χ1n) is 11.2. The summed E-state index contributed by atoms with van der Waals surface area (Å²) in [5.74, 6) is 0.0353. The van der Waals surface area contributed by atoms with Gasteiger partial charge in [0.15, 0.2) is 5.96 Å². The van der Waals surface area contributed by atoms with Crippen LogP contribution in [0.2, 0.25) is 0 Å². The molecule has 2 aliphatic carbocycles. The summed E-state index contributed by atoms with van der Waals surface area (Å²) in [5.41, 5.74) is 6.25. The lowest BCUT2D eigenvalue weighted by atomic mass is 9.83. The number of hydrazine groups is 1. The lowest BCUT2D eigenvalue weighted by Gasteiger charge is -2.29. The van der Waals surface area contributed by atoms with E-state index in [1.165, 1.54) is 0 Å². The number of rotatable bonds is 3. The summed E-state index contributed by atoms with van der Waals surface area (Å²) in [5, 5.41) is 6.30. The van der Waals surface area contributed by atoms with Gasteiger partial charge in [-0.05, 0) is 65.2 Å². The van der Waals surface area contributed by atoms with Crippen molar-refractivity contribution in [3.05, 3.63) is 0 Å². The van der Waals surface area contributed by atoms with Crippen molar-refractivity contribution in [1.82, 2.24) is 21.5 Å². The van der Waals surface area contributed by atoms with Gasteiger partial charge in [-0.1, -0.05) is 6.42 Å². The molecule has 2 saturated carbocycles. The van der Waals surface area contributed by atoms with Crippen molar-refractivity contribution in [1.29, 1.82) is 0 Å². The van der Waals surface area contributed by atoms with Crippen molar-refractivity contribution in [2.24, 2.45) is 16.8 Å². The summed E-state index contributed by atoms with van der Waals surface area (Å²) < 4.78 is 27.2.